The Labute approximate surface area is 124 Å². The maximum Gasteiger partial charge on any atom is 0.254 e. The van der Waals surface area contributed by atoms with Crippen molar-refractivity contribution in [2.24, 2.45) is 11.3 Å². The van der Waals surface area contributed by atoms with E-state index in [0.29, 0.717) is 11.0 Å². The molecule has 0 N–H and O–H groups in total. The third kappa shape index (κ3) is 1.99. The number of hydrogen-bond donors (Lipinski definition) is 0. The van der Waals surface area contributed by atoms with Gasteiger partial charge in [-0.1, -0.05) is 25.1 Å². The number of hydrogen-bond acceptors (Lipinski definition) is 2. The Morgan fingerprint density at radius 2 is 2.29 bits per heavy atom. The number of nitrogens with zero attached hydrogens (tertiary/aromatic N) is 1. The highest BCUT2D eigenvalue weighted by molar-refractivity contribution is 6.01. The second-order valence-electron chi connectivity index (χ2n) is 6.36. The van der Waals surface area contributed by atoms with E-state index in [0.717, 1.165) is 30.3 Å². The minimum atomic E-state index is 0.131. The van der Waals surface area contributed by atoms with Gasteiger partial charge in [0, 0.05) is 24.2 Å². The first-order chi connectivity index (χ1) is 10.2. The highest BCUT2D eigenvalue weighted by atomic mass is 16.5. The van der Waals surface area contributed by atoms with E-state index in [1.807, 2.05) is 35.2 Å². The molecule has 2 aliphatic heterocycles. The van der Waals surface area contributed by atoms with Gasteiger partial charge in [-0.2, -0.15) is 0 Å². The summed E-state index contributed by atoms with van der Waals surface area (Å²) in [6.07, 6.45) is 7.81. The first kappa shape index (κ1) is 12.7. The summed E-state index contributed by atoms with van der Waals surface area (Å²) in [4.78, 5) is 14.8. The number of piperidine rings is 1. The van der Waals surface area contributed by atoms with Gasteiger partial charge >= 0.3 is 0 Å². The van der Waals surface area contributed by atoms with Gasteiger partial charge in [0.25, 0.3) is 5.91 Å². The van der Waals surface area contributed by atoms with Crippen LogP contribution in [0.3, 0.4) is 0 Å². The number of amides is 1. The Balaban J connectivity index is 1.59. The summed E-state index contributed by atoms with van der Waals surface area (Å²) >= 11 is 0. The largest absolute Gasteiger partial charge is 0.464 e. The van der Waals surface area contributed by atoms with E-state index in [-0.39, 0.29) is 5.91 Å². The Bertz CT molecular complexity index is 657. The van der Waals surface area contributed by atoms with Crippen molar-refractivity contribution < 1.29 is 9.53 Å². The molecule has 4 rings (SSSR count). The van der Waals surface area contributed by atoms with Crippen LogP contribution in [0.1, 0.15) is 25.3 Å². The number of benzene rings is 1. The molecule has 1 amide bonds. The number of fused-ring (bicyclic) bond motifs is 2. The summed E-state index contributed by atoms with van der Waals surface area (Å²) in [6.45, 7) is 4.07. The first-order valence-electron chi connectivity index (χ1n) is 7.65. The van der Waals surface area contributed by atoms with Gasteiger partial charge in [0.1, 0.15) is 5.75 Å². The molecule has 21 heavy (non-hydrogen) atoms. The Morgan fingerprint density at radius 1 is 1.43 bits per heavy atom. The van der Waals surface area contributed by atoms with Crippen molar-refractivity contribution in [3.05, 3.63) is 47.7 Å². The molecule has 1 aliphatic carbocycles. The molecule has 2 atom stereocenters. The lowest BCUT2D eigenvalue weighted by Crippen LogP contribution is -2.32. The number of carbonyl (C=O) groups is 1. The molecule has 3 heteroatoms. The molecular weight excluding hydrogens is 262 g/mol. The summed E-state index contributed by atoms with van der Waals surface area (Å²) in [6, 6.07) is 7.79. The van der Waals surface area contributed by atoms with Crippen molar-refractivity contribution in [1.82, 2.24) is 4.90 Å². The second-order valence-corrected chi connectivity index (χ2v) is 6.36. The molecule has 1 aromatic rings. The third-order valence-electron chi connectivity index (χ3n) is 5.22. The molecule has 108 valence electrons. The van der Waals surface area contributed by atoms with Crippen LogP contribution in [-0.2, 0) is 4.79 Å². The monoisotopic (exact) mass is 281 g/mol. The van der Waals surface area contributed by atoms with E-state index in [2.05, 4.69) is 6.92 Å². The van der Waals surface area contributed by atoms with Crippen LogP contribution in [0.15, 0.2) is 42.2 Å². The maximum absolute atomic E-state index is 12.7. The topological polar surface area (TPSA) is 29.5 Å². The van der Waals surface area contributed by atoms with Crippen molar-refractivity contribution in [3.8, 4) is 5.75 Å². The predicted octanol–water partition coefficient (Wildman–Crippen LogP) is 3.23. The van der Waals surface area contributed by atoms with Gasteiger partial charge in [-0.15, -0.1) is 0 Å². The van der Waals surface area contributed by atoms with Crippen LogP contribution < -0.4 is 4.74 Å². The van der Waals surface area contributed by atoms with Crippen LogP contribution in [0, 0.1) is 11.3 Å². The fourth-order valence-electron chi connectivity index (χ4n) is 3.71. The van der Waals surface area contributed by atoms with Crippen molar-refractivity contribution in [3.63, 3.8) is 0 Å². The van der Waals surface area contributed by atoms with E-state index in [1.165, 1.54) is 12.8 Å². The fraction of sp³-hybridized carbons (Fsp3) is 0.389. The molecule has 3 nitrogen and oxygen atoms in total. The van der Waals surface area contributed by atoms with E-state index < -0.39 is 0 Å². The quantitative estimate of drug-likeness (QED) is 0.833. The number of ether oxygens (including phenoxy) is 1. The molecule has 1 saturated heterocycles. The van der Waals surface area contributed by atoms with Gasteiger partial charge in [0.15, 0.2) is 0 Å². The smallest absolute Gasteiger partial charge is 0.254 e. The molecule has 0 aromatic heterocycles. The number of carbonyl (C=O) groups excluding carboxylic acids is 1. The zero-order valence-electron chi connectivity index (χ0n) is 12.2. The Kier molecular flexibility index (Phi) is 2.71. The standard InChI is InChI=1S/C18H19NO2/c1-2-18-10-15(18)11-19(12-18)17(20)14-7-8-21-16-6-4-3-5-13(16)9-14/h3-9,15H,2,10-12H2,1H3. The zero-order chi connectivity index (χ0) is 14.4. The predicted molar refractivity (Wildman–Crippen MR) is 81.6 cm³/mol. The number of rotatable bonds is 2. The van der Waals surface area contributed by atoms with Gasteiger partial charge in [-0.05, 0) is 42.4 Å². The average molecular weight is 281 g/mol. The van der Waals surface area contributed by atoms with Gasteiger partial charge in [-0.3, -0.25) is 4.79 Å². The summed E-state index contributed by atoms with van der Waals surface area (Å²) in [5, 5.41) is 0. The van der Waals surface area contributed by atoms with Crippen molar-refractivity contribution in [2.75, 3.05) is 13.1 Å². The Morgan fingerprint density at radius 3 is 3.10 bits per heavy atom. The zero-order valence-corrected chi connectivity index (χ0v) is 12.2. The Hall–Kier alpha value is -2.03. The van der Waals surface area contributed by atoms with Gasteiger partial charge in [0.2, 0.25) is 0 Å². The highest BCUT2D eigenvalue weighted by Crippen LogP contribution is 2.60. The molecule has 3 aliphatic rings. The summed E-state index contributed by atoms with van der Waals surface area (Å²) in [5.74, 6) is 1.66. The maximum atomic E-state index is 12.7. The molecule has 0 bridgehead atoms. The van der Waals surface area contributed by atoms with Crippen LogP contribution in [0.5, 0.6) is 5.75 Å². The number of likely N-dealkylation sites (tertiary alicyclic amines) is 1. The van der Waals surface area contributed by atoms with Crippen LogP contribution in [0.4, 0.5) is 0 Å². The fourth-order valence-corrected chi connectivity index (χ4v) is 3.71. The van der Waals surface area contributed by atoms with Crippen LogP contribution in [-0.4, -0.2) is 23.9 Å². The third-order valence-corrected chi connectivity index (χ3v) is 5.22. The van der Waals surface area contributed by atoms with E-state index in [1.54, 1.807) is 12.3 Å². The lowest BCUT2D eigenvalue weighted by Gasteiger charge is -2.20. The molecule has 2 fully saturated rings. The van der Waals surface area contributed by atoms with Crippen LogP contribution >= 0.6 is 0 Å². The van der Waals surface area contributed by atoms with Gasteiger partial charge in [0.05, 0.1) is 6.26 Å². The van der Waals surface area contributed by atoms with Gasteiger partial charge < -0.3 is 9.64 Å². The van der Waals surface area contributed by atoms with E-state index >= 15 is 0 Å². The molecule has 1 saturated carbocycles. The molecular formula is C18H19NO2. The summed E-state index contributed by atoms with van der Waals surface area (Å²) < 4.78 is 5.56. The van der Waals surface area contributed by atoms with E-state index in [9.17, 15) is 4.79 Å². The minimum Gasteiger partial charge on any atom is -0.464 e. The lowest BCUT2D eigenvalue weighted by atomic mass is 10.0. The molecule has 0 spiro atoms. The minimum absolute atomic E-state index is 0.131. The molecule has 1 aromatic carbocycles. The van der Waals surface area contributed by atoms with Crippen LogP contribution in [0.2, 0.25) is 0 Å². The average Bonchev–Trinajstić information content (AvgIpc) is 3.15. The molecule has 2 unspecified atom stereocenters. The van der Waals surface area contributed by atoms with E-state index in [4.69, 9.17) is 4.74 Å². The summed E-state index contributed by atoms with van der Waals surface area (Å²) in [7, 11) is 0. The highest BCUT2D eigenvalue weighted by Gasteiger charge is 2.59. The second kappa shape index (κ2) is 4.48. The SMILES string of the molecule is CCC12CC1CN(C(=O)C1=Cc3ccccc3OC=C1)C2. The summed E-state index contributed by atoms with van der Waals surface area (Å²) in [5.41, 5.74) is 2.10. The first-order valence-corrected chi connectivity index (χ1v) is 7.65. The van der Waals surface area contributed by atoms with Gasteiger partial charge in [-0.25, -0.2) is 0 Å². The molecule has 2 heterocycles. The normalized spacial score (nSPS) is 29.1. The number of para-hydroxylation sites is 1. The van der Waals surface area contributed by atoms with Crippen LogP contribution in [0.25, 0.3) is 6.08 Å². The van der Waals surface area contributed by atoms with Crippen molar-refractivity contribution in [2.45, 2.75) is 19.8 Å². The van der Waals surface area contributed by atoms with Crippen molar-refractivity contribution >= 4 is 12.0 Å². The lowest BCUT2D eigenvalue weighted by molar-refractivity contribution is -0.126. The molecule has 0 radical (unpaired) electrons. The van der Waals surface area contributed by atoms with Crippen molar-refractivity contribution in [1.29, 1.82) is 0 Å².